The molecule has 1 aliphatic heterocycles. The van der Waals surface area contributed by atoms with Crippen LogP contribution in [0.4, 0.5) is 0 Å². The summed E-state index contributed by atoms with van der Waals surface area (Å²) < 4.78 is 11.0. The highest BCUT2D eigenvalue weighted by molar-refractivity contribution is 14.0. The summed E-state index contributed by atoms with van der Waals surface area (Å²) in [4.78, 5) is 7.14. The molecule has 1 atom stereocenters. The monoisotopic (exact) mass is 461 g/mol. The highest BCUT2D eigenvalue weighted by Crippen LogP contribution is 2.17. The Hall–Kier alpha value is -1.02. The Bertz CT molecular complexity index is 520. The van der Waals surface area contributed by atoms with Gasteiger partial charge in [-0.05, 0) is 44.9 Å². The molecule has 5 nitrogen and oxygen atoms in total. The number of likely N-dealkylation sites (tertiary alicyclic amines) is 1. The maximum Gasteiger partial charge on any atom is 0.194 e. The van der Waals surface area contributed by atoms with Gasteiger partial charge in [0, 0.05) is 32.7 Å². The van der Waals surface area contributed by atoms with Crippen LogP contribution in [0.2, 0.25) is 0 Å². The summed E-state index contributed by atoms with van der Waals surface area (Å²) in [6.07, 6.45) is 1.36. The summed E-state index contributed by atoms with van der Waals surface area (Å²) in [6.45, 7) is 10.6. The smallest absolute Gasteiger partial charge is 0.194 e. The molecule has 1 N–H and O–H groups in total. The van der Waals surface area contributed by atoms with E-state index in [4.69, 9.17) is 14.5 Å². The molecule has 0 aromatic heterocycles. The average molecular weight is 461 g/mol. The van der Waals surface area contributed by atoms with Crippen molar-refractivity contribution in [2.75, 3.05) is 33.4 Å². The second-order valence-electron chi connectivity index (χ2n) is 6.54. The molecule has 1 aromatic rings. The SMILES string of the molecule is CCNC(=NCc1ccc(OC(C)C)cc1)N1CCC(COC)C1.I. The first-order chi connectivity index (χ1) is 11.6. The normalized spacial score (nSPS) is 17.6. The van der Waals surface area contributed by atoms with Crippen molar-refractivity contribution in [2.24, 2.45) is 10.9 Å². The van der Waals surface area contributed by atoms with Gasteiger partial charge in [0.25, 0.3) is 0 Å². The second kappa shape index (κ2) is 11.6. The zero-order chi connectivity index (χ0) is 17.4. The third-order valence-corrected chi connectivity index (χ3v) is 4.03. The molecule has 1 saturated heterocycles. The van der Waals surface area contributed by atoms with E-state index in [2.05, 4.69) is 29.3 Å². The Balaban J connectivity index is 0.00000312. The molecule has 0 radical (unpaired) electrons. The summed E-state index contributed by atoms with van der Waals surface area (Å²) in [5.74, 6) is 2.51. The third-order valence-electron chi connectivity index (χ3n) is 4.03. The number of nitrogens with zero attached hydrogens (tertiary/aromatic N) is 2. The largest absolute Gasteiger partial charge is 0.491 e. The van der Waals surface area contributed by atoms with Gasteiger partial charge in [-0.15, -0.1) is 24.0 Å². The number of rotatable bonds is 7. The molecule has 1 heterocycles. The van der Waals surface area contributed by atoms with Crippen LogP contribution in [0.1, 0.15) is 32.8 Å². The minimum Gasteiger partial charge on any atom is -0.491 e. The maximum atomic E-state index is 5.68. The van der Waals surface area contributed by atoms with Gasteiger partial charge in [-0.1, -0.05) is 12.1 Å². The number of nitrogens with one attached hydrogen (secondary N) is 1. The van der Waals surface area contributed by atoms with Crippen LogP contribution in [0.5, 0.6) is 5.75 Å². The third kappa shape index (κ3) is 7.40. The number of ether oxygens (including phenoxy) is 2. The molecule has 25 heavy (non-hydrogen) atoms. The average Bonchev–Trinajstić information content (AvgIpc) is 3.01. The highest BCUT2D eigenvalue weighted by atomic mass is 127. The fourth-order valence-electron chi connectivity index (χ4n) is 2.93. The van der Waals surface area contributed by atoms with Gasteiger partial charge in [0.15, 0.2) is 5.96 Å². The summed E-state index contributed by atoms with van der Waals surface area (Å²) >= 11 is 0. The van der Waals surface area contributed by atoms with Crippen LogP contribution >= 0.6 is 24.0 Å². The van der Waals surface area contributed by atoms with Gasteiger partial charge < -0.3 is 19.7 Å². The van der Waals surface area contributed by atoms with Crippen molar-refractivity contribution in [1.82, 2.24) is 10.2 Å². The molecule has 0 saturated carbocycles. The second-order valence-corrected chi connectivity index (χ2v) is 6.54. The van der Waals surface area contributed by atoms with Crippen LogP contribution in [0.3, 0.4) is 0 Å². The Morgan fingerprint density at radius 3 is 2.64 bits per heavy atom. The number of methoxy groups -OCH3 is 1. The molecular formula is C19H32IN3O2. The minimum atomic E-state index is 0. The molecule has 0 amide bonds. The van der Waals surface area contributed by atoms with E-state index in [1.165, 1.54) is 12.0 Å². The zero-order valence-corrected chi connectivity index (χ0v) is 18.2. The fraction of sp³-hybridized carbons (Fsp3) is 0.632. The number of hydrogen-bond acceptors (Lipinski definition) is 3. The number of benzene rings is 1. The van der Waals surface area contributed by atoms with E-state index in [1.54, 1.807) is 7.11 Å². The summed E-state index contributed by atoms with van der Waals surface area (Å²) in [6, 6.07) is 8.20. The van der Waals surface area contributed by atoms with Crippen LogP contribution < -0.4 is 10.1 Å². The molecule has 1 fully saturated rings. The van der Waals surface area contributed by atoms with Crippen molar-refractivity contribution in [3.05, 3.63) is 29.8 Å². The first-order valence-corrected chi connectivity index (χ1v) is 8.90. The van der Waals surface area contributed by atoms with E-state index in [0.717, 1.165) is 38.0 Å². The predicted molar refractivity (Wildman–Crippen MR) is 114 cm³/mol. The van der Waals surface area contributed by atoms with E-state index in [1.807, 2.05) is 26.0 Å². The van der Waals surface area contributed by atoms with E-state index in [-0.39, 0.29) is 30.1 Å². The first-order valence-electron chi connectivity index (χ1n) is 8.90. The minimum absolute atomic E-state index is 0. The lowest BCUT2D eigenvalue weighted by atomic mass is 10.1. The predicted octanol–water partition coefficient (Wildman–Crippen LogP) is 3.53. The molecular weight excluding hydrogens is 429 g/mol. The van der Waals surface area contributed by atoms with Gasteiger partial charge >= 0.3 is 0 Å². The van der Waals surface area contributed by atoms with E-state index in [0.29, 0.717) is 12.5 Å². The van der Waals surface area contributed by atoms with Crippen molar-refractivity contribution >= 4 is 29.9 Å². The number of halogens is 1. The van der Waals surface area contributed by atoms with E-state index < -0.39 is 0 Å². The van der Waals surface area contributed by atoms with Crippen LogP contribution in [-0.4, -0.2) is 50.3 Å². The Kier molecular flexibility index (Phi) is 10.2. The Labute approximate surface area is 169 Å². The lowest BCUT2D eigenvalue weighted by Crippen LogP contribution is -2.40. The van der Waals surface area contributed by atoms with Gasteiger partial charge in [0.2, 0.25) is 0 Å². The van der Waals surface area contributed by atoms with Gasteiger partial charge in [0.1, 0.15) is 5.75 Å². The molecule has 1 aliphatic rings. The fourth-order valence-corrected chi connectivity index (χ4v) is 2.93. The molecule has 0 bridgehead atoms. The van der Waals surface area contributed by atoms with Gasteiger partial charge in [0.05, 0.1) is 19.3 Å². The van der Waals surface area contributed by atoms with E-state index in [9.17, 15) is 0 Å². The van der Waals surface area contributed by atoms with Crippen molar-refractivity contribution < 1.29 is 9.47 Å². The van der Waals surface area contributed by atoms with Crippen molar-refractivity contribution in [1.29, 1.82) is 0 Å². The lowest BCUT2D eigenvalue weighted by Gasteiger charge is -2.21. The molecule has 2 rings (SSSR count). The van der Waals surface area contributed by atoms with Gasteiger partial charge in [-0.2, -0.15) is 0 Å². The van der Waals surface area contributed by atoms with Crippen LogP contribution in [-0.2, 0) is 11.3 Å². The van der Waals surface area contributed by atoms with Crippen molar-refractivity contribution in [2.45, 2.75) is 39.8 Å². The molecule has 0 spiro atoms. The number of aliphatic imine (C=N–C) groups is 1. The van der Waals surface area contributed by atoms with Crippen molar-refractivity contribution in [3.63, 3.8) is 0 Å². The summed E-state index contributed by atoms with van der Waals surface area (Å²) in [5, 5.41) is 3.41. The zero-order valence-electron chi connectivity index (χ0n) is 15.8. The summed E-state index contributed by atoms with van der Waals surface area (Å²) in [5.41, 5.74) is 1.19. The Morgan fingerprint density at radius 2 is 2.04 bits per heavy atom. The van der Waals surface area contributed by atoms with Gasteiger partial charge in [-0.25, -0.2) is 4.99 Å². The van der Waals surface area contributed by atoms with Gasteiger partial charge in [-0.3, -0.25) is 0 Å². The molecule has 6 heteroatoms. The first kappa shape index (κ1) is 22.0. The van der Waals surface area contributed by atoms with E-state index >= 15 is 0 Å². The molecule has 1 unspecified atom stereocenters. The topological polar surface area (TPSA) is 46.1 Å². The standard InChI is InChI=1S/C19H31N3O2.HI/c1-5-20-19(22-11-10-17(13-22)14-23-4)21-12-16-6-8-18(9-7-16)24-15(2)3;/h6-9,15,17H,5,10-14H2,1-4H3,(H,20,21);1H. The lowest BCUT2D eigenvalue weighted by molar-refractivity contribution is 0.157. The highest BCUT2D eigenvalue weighted by Gasteiger charge is 2.24. The Morgan fingerprint density at radius 1 is 1.32 bits per heavy atom. The summed E-state index contributed by atoms with van der Waals surface area (Å²) in [7, 11) is 1.77. The quantitative estimate of drug-likeness (QED) is 0.384. The maximum absolute atomic E-state index is 5.68. The number of guanidine groups is 1. The van der Waals surface area contributed by atoms with Crippen LogP contribution in [0, 0.1) is 5.92 Å². The van der Waals surface area contributed by atoms with Crippen LogP contribution in [0.25, 0.3) is 0 Å². The molecule has 0 aliphatic carbocycles. The number of hydrogen-bond donors (Lipinski definition) is 1. The van der Waals surface area contributed by atoms with Crippen molar-refractivity contribution in [3.8, 4) is 5.75 Å². The molecule has 142 valence electrons. The molecule has 1 aromatic carbocycles. The van der Waals surface area contributed by atoms with Crippen LogP contribution in [0.15, 0.2) is 29.3 Å².